The quantitative estimate of drug-likeness (QED) is 0.345. The lowest BCUT2D eigenvalue weighted by atomic mass is 9.92. The Bertz CT molecular complexity index is 1100. The van der Waals surface area contributed by atoms with Gasteiger partial charge in [-0.3, -0.25) is 9.59 Å². The molecule has 1 saturated carbocycles. The van der Waals surface area contributed by atoms with Gasteiger partial charge in [0.1, 0.15) is 10.7 Å². The molecule has 2 aromatic carbocycles. The molecule has 0 N–H and O–H groups in total. The number of aromatic nitrogens is 1. The van der Waals surface area contributed by atoms with Crippen molar-refractivity contribution in [1.82, 2.24) is 9.88 Å². The molecule has 172 valence electrons. The van der Waals surface area contributed by atoms with E-state index in [9.17, 15) is 9.59 Å². The van der Waals surface area contributed by atoms with Crippen LogP contribution in [0.5, 0.6) is 0 Å². The van der Waals surface area contributed by atoms with Crippen molar-refractivity contribution < 1.29 is 9.59 Å². The van der Waals surface area contributed by atoms with Crippen molar-refractivity contribution in [2.75, 3.05) is 6.54 Å². The number of aryl methyl sites for hydroxylation is 2. The fraction of sp³-hybridized carbons (Fsp3) is 0.393. The van der Waals surface area contributed by atoms with Crippen LogP contribution < -0.4 is 0 Å². The minimum atomic E-state index is -0.415. The van der Waals surface area contributed by atoms with Crippen molar-refractivity contribution in [3.8, 4) is 0 Å². The van der Waals surface area contributed by atoms with Gasteiger partial charge in [0.15, 0.2) is 6.29 Å². The minimum Gasteiger partial charge on any atom is -0.335 e. The number of aldehydes is 1. The van der Waals surface area contributed by atoms with Crippen molar-refractivity contribution in [3.05, 3.63) is 86.9 Å². The molecule has 0 bridgehead atoms. The SMILES string of the molecule is CCc1ccc(C2(C(=O)N(CCC(C)c3ccccc3)Cc3nc(C=O)c(C)s3)CC2)cc1. The minimum absolute atomic E-state index is 0.188. The van der Waals surface area contributed by atoms with Gasteiger partial charge in [0.25, 0.3) is 0 Å². The van der Waals surface area contributed by atoms with Crippen molar-refractivity contribution in [3.63, 3.8) is 0 Å². The van der Waals surface area contributed by atoms with Crippen LogP contribution in [0.2, 0.25) is 0 Å². The van der Waals surface area contributed by atoms with Gasteiger partial charge in [-0.15, -0.1) is 11.3 Å². The van der Waals surface area contributed by atoms with Gasteiger partial charge in [-0.1, -0.05) is 68.4 Å². The van der Waals surface area contributed by atoms with Gasteiger partial charge >= 0.3 is 0 Å². The van der Waals surface area contributed by atoms with Crippen LogP contribution in [0.15, 0.2) is 54.6 Å². The molecule has 1 atom stereocenters. The predicted octanol–water partition coefficient (Wildman–Crippen LogP) is 6.08. The van der Waals surface area contributed by atoms with Crippen molar-refractivity contribution in [1.29, 1.82) is 0 Å². The van der Waals surface area contributed by atoms with E-state index in [2.05, 4.69) is 67.4 Å². The second-order valence-corrected chi connectivity index (χ2v) is 10.4. The Hall–Kier alpha value is -2.79. The molecule has 1 heterocycles. The first kappa shape index (κ1) is 23.4. The third-order valence-electron chi connectivity index (χ3n) is 6.88. The summed E-state index contributed by atoms with van der Waals surface area (Å²) in [4.78, 5) is 32.6. The van der Waals surface area contributed by atoms with Crippen LogP contribution in [-0.4, -0.2) is 28.6 Å². The normalized spacial score (nSPS) is 15.1. The number of amides is 1. The van der Waals surface area contributed by atoms with E-state index < -0.39 is 5.41 Å². The van der Waals surface area contributed by atoms with Gasteiger partial charge in [-0.25, -0.2) is 4.98 Å². The van der Waals surface area contributed by atoms with Crippen LogP contribution in [0.4, 0.5) is 0 Å². The molecule has 1 unspecified atom stereocenters. The lowest BCUT2D eigenvalue weighted by Crippen LogP contribution is -2.40. The van der Waals surface area contributed by atoms with Crippen LogP contribution in [-0.2, 0) is 23.2 Å². The molecule has 1 aliphatic rings. The molecular weight excluding hydrogens is 428 g/mol. The zero-order chi connectivity index (χ0) is 23.4. The zero-order valence-corrected chi connectivity index (χ0v) is 20.5. The average Bonchev–Trinajstić information content (AvgIpc) is 3.59. The van der Waals surface area contributed by atoms with Gasteiger partial charge < -0.3 is 4.90 Å². The summed E-state index contributed by atoms with van der Waals surface area (Å²) in [5.74, 6) is 0.538. The Morgan fingerprint density at radius 2 is 1.85 bits per heavy atom. The molecule has 0 spiro atoms. The Morgan fingerprint density at radius 3 is 2.42 bits per heavy atom. The number of thiazole rings is 1. The monoisotopic (exact) mass is 460 g/mol. The summed E-state index contributed by atoms with van der Waals surface area (Å²) in [6.45, 7) is 7.39. The van der Waals surface area contributed by atoms with Gasteiger partial charge in [-0.05, 0) is 55.2 Å². The molecule has 1 aliphatic carbocycles. The molecule has 33 heavy (non-hydrogen) atoms. The van der Waals surface area contributed by atoms with E-state index >= 15 is 0 Å². The highest BCUT2D eigenvalue weighted by Crippen LogP contribution is 2.50. The van der Waals surface area contributed by atoms with Crippen molar-refractivity contribution >= 4 is 23.5 Å². The largest absolute Gasteiger partial charge is 0.335 e. The van der Waals surface area contributed by atoms with E-state index in [4.69, 9.17) is 0 Å². The Kier molecular flexibility index (Phi) is 7.08. The second-order valence-electron chi connectivity index (χ2n) is 9.13. The summed E-state index contributed by atoms with van der Waals surface area (Å²) in [5.41, 5.74) is 3.76. The van der Waals surface area contributed by atoms with E-state index in [0.717, 1.165) is 47.4 Å². The predicted molar refractivity (Wildman–Crippen MR) is 134 cm³/mol. The molecule has 1 amide bonds. The van der Waals surface area contributed by atoms with Gasteiger partial charge in [0, 0.05) is 11.4 Å². The molecule has 5 heteroatoms. The first-order valence-electron chi connectivity index (χ1n) is 11.8. The third-order valence-corrected chi connectivity index (χ3v) is 7.85. The number of rotatable bonds is 10. The first-order valence-corrected chi connectivity index (χ1v) is 12.6. The van der Waals surface area contributed by atoms with Gasteiger partial charge in [0.05, 0.1) is 12.0 Å². The van der Waals surface area contributed by atoms with E-state index in [1.807, 2.05) is 17.9 Å². The highest BCUT2D eigenvalue weighted by molar-refractivity contribution is 7.11. The Balaban J connectivity index is 1.56. The maximum Gasteiger partial charge on any atom is 0.233 e. The van der Waals surface area contributed by atoms with E-state index in [0.29, 0.717) is 24.7 Å². The lowest BCUT2D eigenvalue weighted by molar-refractivity contribution is -0.134. The summed E-state index contributed by atoms with van der Waals surface area (Å²) >= 11 is 1.51. The molecule has 4 rings (SSSR count). The maximum atomic E-state index is 13.9. The van der Waals surface area contributed by atoms with Crippen LogP contribution >= 0.6 is 11.3 Å². The molecule has 0 saturated heterocycles. The summed E-state index contributed by atoms with van der Waals surface area (Å²) in [6.07, 6.45) is 4.45. The molecule has 0 aliphatic heterocycles. The summed E-state index contributed by atoms with van der Waals surface area (Å²) in [6, 6.07) is 19.0. The van der Waals surface area contributed by atoms with Crippen molar-refractivity contribution in [2.45, 2.75) is 64.3 Å². The number of hydrogen-bond donors (Lipinski definition) is 0. The average molecular weight is 461 g/mol. The number of benzene rings is 2. The third kappa shape index (κ3) is 5.09. The summed E-state index contributed by atoms with van der Waals surface area (Å²) < 4.78 is 0. The summed E-state index contributed by atoms with van der Waals surface area (Å²) in [5, 5.41) is 0.826. The van der Waals surface area contributed by atoms with Gasteiger partial charge in [-0.2, -0.15) is 0 Å². The van der Waals surface area contributed by atoms with Gasteiger partial charge in [0.2, 0.25) is 5.91 Å². The van der Waals surface area contributed by atoms with Crippen LogP contribution in [0.25, 0.3) is 0 Å². The number of hydrogen-bond acceptors (Lipinski definition) is 4. The molecule has 1 aromatic heterocycles. The molecule has 1 fully saturated rings. The maximum absolute atomic E-state index is 13.9. The standard InChI is InChI=1S/C28H32N2O2S/c1-4-22-10-12-24(13-11-22)28(15-16-28)27(32)30(18-26-29-25(19-31)21(3)33-26)17-14-20(2)23-8-6-5-7-9-23/h5-13,19-20H,4,14-18H2,1-3H3. The molecule has 4 nitrogen and oxygen atoms in total. The second kappa shape index (κ2) is 10.0. The van der Waals surface area contributed by atoms with E-state index in [1.165, 1.54) is 22.5 Å². The van der Waals surface area contributed by atoms with Crippen molar-refractivity contribution in [2.24, 2.45) is 0 Å². The molecular formula is C28H32N2O2S. The molecule has 0 radical (unpaired) electrons. The lowest BCUT2D eigenvalue weighted by Gasteiger charge is -2.28. The summed E-state index contributed by atoms with van der Waals surface area (Å²) in [7, 11) is 0. The van der Waals surface area contributed by atoms with Crippen LogP contribution in [0.3, 0.4) is 0 Å². The van der Waals surface area contributed by atoms with E-state index in [1.54, 1.807) is 0 Å². The Morgan fingerprint density at radius 1 is 1.15 bits per heavy atom. The number of carbonyl (C=O) groups is 2. The topological polar surface area (TPSA) is 50.3 Å². The number of carbonyl (C=O) groups excluding carboxylic acids is 2. The smallest absolute Gasteiger partial charge is 0.233 e. The molecule has 3 aromatic rings. The Labute approximate surface area is 200 Å². The number of nitrogens with zero attached hydrogens (tertiary/aromatic N) is 2. The fourth-order valence-corrected chi connectivity index (χ4v) is 5.38. The first-order chi connectivity index (χ1) is 16.0. The van der Waals surface area contributed by atoms with Crippen LogP contribution in [0.1, 0.15) is 76.1 Å². The zero-order valence-electron chi connectivity index (χ0n) is 19.7. The van der Waals surface area contributed by atoms with Crippen LogP contribution in [0, 0.1) is 6.92 Å². The van der Waals surface area contributed by atoms with E-state index in [-0.39, 0.29) is 5.91 Å². The highest BCUT2D eigenvalue weighted by Gasteiger charge is 2.53. The highest BCUT2D eigenvalue weighted by atomic mass is 32.1. The fourth-order valence-electron chi connectivity index (χ4n) is 4.47.